The Morgan fingerprint density at radius 1 is 1.00 bits per heavy atom. The van der Waals surface area contributed by atoms with Crippen molar-refractivity contribution in [1.29, 1.82) is 0 Å². The van der Waals surface area contributed by atoms with Gasteiger partial charge in [-0.25, -0.2) is 9.97 Å². The predicted molar refractivity (Wildman–Crippen MR) is 141 cm³/mol. The number of rotatable bonds is 6. The monoisotopic (exact) mass is 510 g/mol. The molecule has 3 N–H and O–H groups in total. The minimum absolute atomic E-state index is 0.0144. The van der Waals surface area contributed by atoms with E-state index in [-0.39, 0.29) is 23.3 Å². The number of aromatic nitrogens is 2. The lowest BCUT2D eigenvalue weighted by Crippen LogP contribution is -2.32. The number of amides is 2. The average Bonchev–Trinajstić information content (AvgIpc) is 3.47. The van der Waals surface area contributed by atoms with Crippen LogP contribution in [0.4, 0.5) is 17.3 Å². The van der Waals surface area contributed by atoms with Crippen LogP contribution in [0.1, 0.15) is 55.5 Å². The van der Waals surface area contributed by atoms with Crippen LogP contribution in [-0.2, 0) is 4.79 Å². The molecule has 0 radical (unpaired) electrons. The second kappa shape index (κ2) is 10.8. The van der Waals surface area contributed by atoms with Crippen molar-refractivity contribution in [3.63, 3.8) is 0 Å². The molecule has 5 rings (SSSR count). The number of furan rings is 1. The molecule has 2 aliphatic rings. The number of carbonyl (C=O) groups excluding carboxylic acids is 2. The third-order valence-corrected chi connectivity index (χ3v) is 7.40. The Morgan fingerprint density at radius 2 is 1.81 bits per heavy atom. The van der Waals surface area contributed by atoms with Gasteiger partial charge >= 0.3 is 0 Å². The molecule has 3 aromatic heterocycles. The zero-order chi connectivity index (χ0) is 25.1. The molecular formula is C26H31ClN6O3. The van der Waals surface area contributed by atoms with Gasteiger partial charge in [-0.2, -0.15) is 0 Å². The van der Waals surface area contributed by atoms with E-state index in [1.807, 2.05) is 0 Å². The maximum atomic E-state index is 13.4. The third kappa shape index (κ3) is 5.32. The summed E-state index contributed by atoms with van der Waals surface area (Å²) in [4.78, 5) is 37.9. The Morgan fingerprint density at radius 3 is 2.56 bits per heavy atom. The molecule has 0 bridgehead atoms. The summed E-state index contributed by atoms with van der Waals surface area (Å²) >= 11 is 5.90. The smallest absolute Gasteiger partial charge is 0.294 e. The van der Waals surface area contributed by atoms with Gasteiger partial charge in [-0.1, -0.05) is 18.0 Å². The largest absolute Gasteiger partial charge is 0.447 e. The van der Waals surface area contributed by atoms with Gasteiger partial charge in [0.1, 0.15) is 22.8 Å². The van der Waals surface area contributed by atoms with Crippen LogP contribution in [-0.4, -0.2) is 52.9 Å². The molecule has 10 heteroatoms. The van der Waals surface area contributed by atoms with Crippen LogP contribution in [0.3, 0.4) is 0 Å². The van der Waals surface area contributed by atoms with Crippen LogP contribution < -0.4 is 16.0 Å². The summed E-state index contributed by atoms with van der Waals surface area (Å²) < 4.78 is 5.88. The van der Waals surface area contributed by atoms with Crippen molar-refractivity contribution in [2.45, 2.75) is 51.0 Å². The van der Waals surface area contributed by atoms with Gasteiger partial charge in [0.15, 0.2) is 5.58 Å². The lowest BCUT2D eigenvalue weighted by molar-refractivity contribution is -0.120. The van der Waals surface area contributed by atoms with Gasteiger partial charge in [0.2, 0.25) is 11.7 Å². The standard InChI is InChI=1S/C26H31ClN6O3/c1-28-20-12-10-19-22(30-20)23(24(36-19)26(35)31-21-11-8-17(27)15-29-21)32-25(34)16-5-4-6-18(9-7-16)33-13-2-3-14-33/h8,10-12,15-16,18H,2-7,9,13-14H2,1H3,(H,28,30)(H,32,34)(H,29,31,35)/t16-,18?/m1/s1. The van der Waals surface area contributed by atoms with Crippen molar-refractivity contribution in [2.75, 3.05) is 36.1 Å². The molecule has 190 valence electrons. The third-order valence-electron chi connectivity index (χ3n) is 7.18. The minimum Gasteiger partial charge on any atom is -0.447 e. The number of hydrogen-bond donors (Lipinski definition) is 3. The molecule has 1 aliphatic carbocycles. The molecule has 1 unspecified atom stereocenters. The maximum Gasteiger partial charge on any atom is 0.294 e. The van der Waals surface area contributed by atoms with E-state index >= 15 is 0 Å². The Hall–Kier alpha value is -3.17. The zero-order valence-electron chi connectivity index (χ0n) is 20.3. The van der Waals surface area contributed by atoms with Crippen molar-refractivity contribution in [3.05, 3.63) is 41.2 Å². The van der Waals surface area contributed by atoms with Crippen LogP contribution in [0.15, 0.2) is 34.9 Å². The van der Waals surface area contributed by atoms with E-state index in [1.165, 1.54) is 32.1 Å². The Bertz CT molecular complexity index is 1240. The zero-order valence-corrected chi connectivity index (χ0v) is 21.1. The molecule has 1 aliphatic heterocycles. The van der Waals surface area contributed by atoms with Crippen molar-refractivity contribution < 1.29 is 14.0 Å². The first-order chi connectivity index (χ1) is 17.5. The number of nitrogens with one attached hydrogen (secondary N) is 3. The topological polar surface area (TPSA) is 112 Å². The van der Waals surface area contributed by atoms with E-state index < -0.39 is 5.91 Å². The van der Waals surface area contributed by atoms with Crippen LogP contribution in [0.5, 0.6) is 0 Å². The fourth-order valence-electron chi connectivity index (χ4n) is 5.26. The van der Waals surface area contributed by atoms with E-state index in [1.54, 1.807) is 31.3 Å². The van der Waals surface area contributed by atoms with E-state index in [0.29, 0.717) is 33.8 Å². The van der Waals surface area contributed by atoms with E-state index in [4.69, 9.17) is 16.0 Å². The Labute approximate surface area is 215 Å². The molecule has 2 fully saturated rings. The summed E-state index contributed by atoms with van der Waals surface area (Å²) in [6, 6.07) is 7.28. The highest BCUT2D eigenvalue weighted by Crippen LogP contribution is 2.34. The van der Waals surface area contributed by atoms with Gasteiger partial charge < -0.3 is 25.3 Å². The number of anilines is 3. The summed E-state index contributed by atoms with van der Waals surface area (Å²) in [5.41, 5.74) is 1.11. The molecule has 1 saturated carbocycles. The van der Waals surface area contributed by atoms with Gasteiger partial charge in [0.25, 0.3) is 5.91 Å². The number of carbonyl (C=O) groups is 2. The first-order valence-corrected chi connectivity index (χ1v) is 13.0. The number of hydrogen-bond acceptors (Lipinski definition) is 7. The Kier molecular flexibility index (Phi) is 7.38. The first-order valence-electron chi connectivity index (χ1n) is 12.6. The van der Waals surface area contributed by atoms with E-state index in [9.17, 15) is 9.59 Å². The molecule has 1 saturated heterocycles. The van der Waals surface area contributed by atoms with Crippen LogP contribution in [0.2, 0.25) is 5.02 Å². The fraction of sp³-hybridized carbons (Fsp3) is 0.462. The average molecular weight is 511 g/mol. The highest BCUT2D eigenvalue weighted by atomic mass is 35.5. The van der Waals surface area contributed by atoms with Crippen molar-refractivity contribution >= 4 is 51.8 Å². The lowest BCUT2D eigenvalue weighted by atomic mass is 9.99. The fourth-order valence-corrected chi connectivity index (χ4v) is 5.37. The van der Waals surface area contributed by atoms with Crippen LogP contribution >= 0.6 is 11.6 Å². The van der Waals surface area contributed by atoms with Gasteiger partial charge in [0.05, 0.1) is 5.02 Å². The molecule has 36 heavy (non-hydrogen) atoms. The summed E-state index contributed by atoms with van der Waals surface area (Å²) in [5.74, 6) is 0.160. The number of fused-ring (bicyclic) bond motifs is 1. The number of pyridine rings is 2. The molecule has 2 amide bonds. The van der Waals surface area contributed by atoms with Gasteiger partial charge in [-0.3, -0.25) is 9.59 Å². The van der Waals surface area contributed by atoms with Gasteiger partial charge in [-0.15, -0.1) is 0 Å². The second-order valence-corrected chi connectivity index (χ2v) is 9.94. The van der Waals surface area contributed by atoms with Crippen molar-refractivity contribution in [1.82, 2.24) is 14.9 Å². The number of nitrogens with zero attached hydrogens (tertiary/aromatic N) is 3. The first kappa shape index (κ1) is 24.5. The molecule has 3 aromatic rings. The number of halogens is 1. The summed E-state index contributed by atoms with van der Waals surface area (Å²) in [6.45, 7) is 2.34. The van der Waals surface area contributed by atoms with E-state index in [0.717, 1.165) is 32.1 Å². The maximum absolute atomic E-state index is 13.4. The molecular weight excluding hydrogens is 480 g/mol. The van der Waals surface area contributed by atoms with Gasteiger partial charge in [-0.05, 0) is 75.9 Å². The van der Waals surface area contributed by atoms with Crippen molar-refractivity contribution in [3.8, 4) is 0 Å². The SMILES string of the molecule is CNc1ccc2oc(C(=O)Nc3ccc(Cl)cn3)c(NC(=O)[C@@H]3CCCC(N4CCCC4)CC3)c2n1. The molecule has 0 spiro atoms. The highest BCUT2D eigenvalue weighted by molar-refractivity contribution is 6.30. The molecule has 4 heterocycles. The Balaban J connectivity index is 1.38. The van der Waals surface area contributed by atoms with Gasteiger partial charge in [0, 0.05) is 25.2 Å². The van der Waals surface area contributed by atoms with Crippen LogP contribution in [0, 0.1) is 5.92 Å². The number of likely N-dealkylation sites (tertiary alicyclic amines) is 1. The quantitative estimate of drug-likeness (QED) is 0.393. The molecule has 9 nitrogen and oxygen atoms in total. The normalized spacial score (nSPS) is 20.7. The van der Waals surface area contributed by atoms with Crippen LogP contribution in [0.25, 0.3) is 11.1 Å². The lowest BCUT2D eigenvalue weighted by Gasteiger charge is -2.26. The summed E-state index contributed by atoms with van der Waals surface area (Å²) in [6.07, 6.45) is 8.81. The predicted octanol–water partition coefficient (Wildman–Crippen LogP) is 5.15. The summed E-state index contributed by atoms with van der Waals surface area (Å²) in [7, 11) is 1.76. The molecule has 2 atom stereocenters. The van der Waals surface area contributed by atoms with E-state index in [2.05, 4.69) is 30.8 Å². The van der Waals surface area contributed by atoms with Crippen molar-refractivity contribution in [2.24, 2.45) is 5.92 Å². The second-order valence-electron chi connectivity index (χ2n) is 9.51. The minimum atomic E-state index is -0.529. The highest BCUT2D eigenvalue weighted by Gasteiger charge is 2.31. The molecule has 0 aromatic carbocycles. The summed E-state index contributed by atoms with van der Waals surface area (Å²) in [5, 5.41) is 9.17.